The Bertz CT molecular complexity index is 406. The third-order valence-corrected chi connectivity index (χ3v) is 3.03. The fourth-order valence-corrected chi connectivity index (χ4v) is 1.74. The number of rotatable bonds is 7. The van der Waals surface area contributed by atoms with Crippen LogP contribution in [0.25, 0.3) is 0 Å². The lowest BCUT2D eigenvalue weighted by Crippen LogP contribution is -2.42. The lowest BCUT2D eigenvalue weighted by atomic mass is 10.2. The van der Waals surface area contributed by atoms with E-state index < -0.39 is 0 Å². The molecule has 1 aromatic rings. The highest BCUT2D eigenvalue weighted by molar-refractivity contribution is 6.31. The van der Waals surface area contributed by atoms with Crippen molar-refractivity contribution in [2.24, 2.45) is 0 Å². The van der Waals surface area contributed by atoms with E-state index in [9.17, 15) is 9.90 Å². The highest BCUT2D eigenvalue weighted by atomic mass is 35.5. The van der Waals surface area contributed by atoms with Gasteiger partial charge in [0.15, 0.2) is 0 Å². The number of benzene rings is 1. The predicted octanol–water partition coefficient (Wildman–Crippen LogP) is 1.29. The van der Waals surface area contributed by atoms with Gasteiger partial charge in [0.25, 0.3) is 0 Å². The molecule has 0 saturated heterocycles. The quantitative estimate of drug-likeness (QED) is 0.661. The highest BCUT2D eigenvalue weighted by Gasteiger charge is 2.13. The first-order valence-electron chi connectivity index (χ1n) is 6.02. The maximum absolute atomic E-state index is 11.7. The first-order chi connectivity index (χ1) is 9.06. The van der Waals surface area contributed by atoms with Crippen molar-refractivity contribution in [1.82, 2.24) is 10.6 Å². The molecular weight excluding hydrogens is 268 g/mol. The minimum atomic E-state index is -0.382. The van der Waals surface area contributed by atoms with Crippen LogP contribution in [0, 0.1) is 0 Å². The average Bonchev–Trinajstić information content (AvgIpc) is 2.38. The van der Waals surface area contributed by atoms with E-state index in [4.69, 9.17) is 16.3 Å². The van der Waals surface area contributed by atoms with Crippen LogP contribution in [0.3, 0.4) is 0 Å². The van der Waals surface area contributed by atoms with Crippen LogP contribution >= 0.6 is 11.6 Å². The summed E-state index contributed by atoms with van der Waals surface area (Å²) in [6.07, 6.45) is 0. The summed E-state index contributed by atoms with van der Waals surface area (Å²) in [4.78, 5) is 11.7. The molecule has 3 N–H and O–H groups in total. The number of carbonyl (C=O) groups excluding carboxylic acids is 1. The predicted molar refractivity (Wildman–Crippen MR) is 74.3 cm³/mol. The van der Waals surface area contributed by atoms with Gasteiger partial charge >= 0.3 is 0 Å². The Kier molecular flexibility index (Phi) is 6.62. The molecule has 0 aromatic heterocycles. The van der Waals surface area contributed by atoms with Crippen LogP contribution in [-0.4, -0.2) is 37.3 Å². The summed E-state index contributed by atoms with van der Waals surface area (Å²) in [5, 5.41) is 15.9. The lowest BCUT2D eigenvalue weighted by Gasteiger charge is -2.15. The smallest absolute Gasteiger partial charge is 0.236 e. The minimum Gasteiger partial charge on any atom is -0.508 e. The van der Waals surface area contributed by atoms with E-state index in [0.717, 1.165) is 0 Å². The number of halogens is 1. The molecule has 1 rings (SSSR count). The number of carbonyl (C=O) groups is 1. The lowest BCUT2D eigenvalue weighted by molar-refractivity contribution is -0.123. The van der Waals surface area contributed by atoms with Crippen molar-refractivity contribution in [2.75, 3.05) is 20.3 Å². The van der Waals surface area contributed by atoms with Crippen molar-refractivity contribution >= 4 is 17.5 Å². The highest BCUT2D eigenvalue weighted by Crippen LogP contribution is 2.24. The number of amides is 1. The summed E-state index contributed by atoms with van der Waals surface area (Å²) in [6, 6.07) is 4.54. The summed E-state index contributed by atoms with van der Waals surface area (Å²) in [5.41, 5.74) is 0.584. The van der Waals surface area contributed by atoms with Crippen molar-refractivity contribution in [2.45, 2.75) is 19.5 Å². The minimum absolute atomic E-state index is 0.118. The Labute approximate surface area is 117 Å². The van der Waals surface area contributed by atoms with Crippen molar-refractivity contribution in [3.8, 4) is 5.75 Å². The topological polar surface area (TPSA) is 70.6 Å². The molecule has 0 saturated carbocycles. The maximum atomic E-state index is 11.7. The van der Waals surface area contributed by atoms with E-state index >= 15 is 0 Å². The van der Waals surface area contributed by atoms with Gasteiger partial charge in [-0.1, -0.05) is 17.7 Å². The van der Waals surface area contributed by atoms with Crippen LogP contribution < -0.4 is 10.6 Å². The molecule has 1 amide bonds. The monoisotopic (exact) mass is 286 g/mol. The third kappa shape index (κ3) is 5.06. The SMILES string of the molecule is COCCNC(=O)C(C)NCc1c(O)cccc1Cl. The summed E-state index contributed by atoms with van der Waals surface area (Å²) in [6.45, 7) is 3.02. The summed E-state index contributed by atoms with van der Waals surface area (Å²) in [7, 11) is 1.58. The molecule has 0 bridgehead atoms. The Hall–Kier alpha value is -1.30. The Balaban J connectivity index is 2.45. The second-order valence-electron chi connectivity index (χ2n) is 4.12. The van der Waals surface area contributed by atoms with Crippen molar-refractivity contribution < 1.29 is 14.6 Å². The number of aromatic hydroxyl groups is 1. The average molecular weight is 287 g/mol. The number of nitrogens with one attached hydrogen (secondary N) is 2. The van der Waals surface area contributed by atoms with Crippen molar-refractivity contribution in [3.63, 3.8) is 0 Å². The van der Waals surface area contributed by atoms with E-state index in [-0.39, 0.29) is 17.7 Å². The first kappa shape index (κ1) is 15.8. The number of ether oxygens (including phenoxy) is 1. The van der Waals surface area contributed by atoms with E-state index in [1.165, 1.54) is 0 Å². The molecule has 0 aliphatic heterocycles. The van der Waals surface area contributed by atoms with Gasteiger partial charge in [-0.15, -0.1) is 0 Å². The molecule has 1 atom stereocenters. The summed E-state index contributed by atoms with van der Waals surface area (Å²) >= 11 is 5.98. The summed E-state index contributed by atoms with van der Waals surface area (Å²) < 4.78 is 4.85. The van der Waals surface area contributed by atoms with Crippen LogP contribution in [0.15, 0.2) is 18.2 Å². The van der Waals surface area contributed by atoms with E-state index in [0.29, 0.717) is 30.3 Å². The third-order valence-electron chi connectivity index (χ3n) is 2.68. The fourth-order valence-electron chi connectivity index (χ4n) is 1.50. The van der Waals surface area contributed by atoms with Crippen molar-refractivity contribution in [1.29, 1.82) is 0 Å². The molecule has 0 radical (unpaired) electrons. The van der Waals surface area contributed by atoms with Crippen LogP contribution in [0.1, 0.15) is 12.5 Å². The molecule has 0 spiro atoms. The zero-order valence-electron chi connectivity index (χ0n) is 11.1. The van der Waals surface area contributed by atoms with E-state index in [2.05, 4.69) is 10.6 Å². The van der Waals surface area contributed by atoms with Gasteiger partial charge in [-0.05, 0) is 19.1 Å². The fraction of sp³-hybridized carbons (Fsp3) is 0.462. The van der Waals surface area contributed by atoms with E-state index in [1.807, 2.05) is 0 Å². The normalized spacial score (nSPS) is 12.2. The molecule has 6 heteroatoms. The molecule has 5 nitrogen and oxygen atoms in total. The number of methoxy groups -OCH3 is 1. The van der Waals surface area contributed by atoms with Crippen LogP contribution in [0.5, 0.6) is 5.75 Å². The molecule has 0 aliphatic rings. The van der Waals surface area contributed by atoms with Crippen molar-refractivity contribution in [3.05, 3.63) is 28.8 Å². The van der Waals surface area contributed by atoms with Gasteiger partial charge in [-0.2, -0.15) is 0 Å². The molecule has 1 aromatic carbocycles. The van der Waals surface area contributed by atoms with Crippen LogP contribution in [0.2, 0.25) is 5.02 Å². The van der Waals surface area contributed by atoms with Gasteiger partial charge in [0.2, 0.25) is 5.91 Å². The molecule has 0 heterocycles. The van der Waals surface area contributed by atoms with Gasteiger partial charge in [0, 0.05) is 30.8 Å². The number of hydrogen-bond acceptors (Lipinski definition) is 4. The Morgan fingerprint density at radius 3 is 2.89 bits per heavy atom. The standard InChI is InChI=1S/C13H19ClN2O3/c1-9(13(18)15-6-7-19-2)16-8-10-11(14)4-3-5-12(10)17/h3-5,9,16-17H,6-8H2,1-2H3,(H,15,18). The van der Waals surface area contributed by atoms with Gasteiger partial charge in [0.05, 0.1) is 12.6 Å². The second-order valence-corrected chi connectivity index (χ2v) is 4.53. The van der Waals surface area contributed by atoms with Crippen LogP contribution in [0.4, 0.5) is 0 Å². The Morgan fingerprint density at radius 2 is 2.26 bits per heavy atom. The summed E-state index contributed by atoms with van der Waals surface area (Å²) in [5.74, 6) is -0.00409. The molecule has 106 valence electrons. The molecule has 19 heavy (non-hydrogen) atoms. The van der Waals surface area contributed by atoms with Gasteiger partial charge in [-0.25, -0.2) is 0 Å². The maximum Gasteiger partial charge on any atom is 0.236 e. The largest absolute Gasteiger partial charge is 0.508 e. The number of phenolic OH excluding ortho intramolecular Hbond substituents is 1. The van der Waals surface area contributed by atoms with Gasteiger partial charge < -0.3 is 20.5 Å². The molecular formula is C13H19ClN2O3. The zero-order chi connectivity index (χ0) is 14.3. The molecule has 0 aliphatic carbocycles. The zero-order valence-corrected chi connectivity index (χ0v) is 11.8. The van der Waals surface area contributed by atoms with Crippen LogP contribution in [-0.2, 0) is 16.1 Å². The molecule has 0 fully saturated rings. The first-order valence-corrected chi connectivity index (χ1v) is 6.40. The molecule has 1 unspecified atom stereocenters. The second kappa shape index (κ2) is 7.99. The Morgan fingerprint density at radius 1 is 1.53 bits per heavy atom. The van der Waals surface area contributed by atoms with E-state index in [1.54, 1.807) is 32.2 Å². The van der Waals surface area contributed by atoms with Gasteiger partial charge in [-0.3, -0.25) is 4.79 Å². The number of phenols is 1. The number of hydrogen-bond donors (Lipinski definition) is 3. The van der Waals surface area contributed by atoms with Gasteiger partial charge in [0.1, 0.15) is 5.75 Å².